The Hall–Kier alpha value is -0.920. The molecular weight excluding hydrogens is 172 g/mol. The van der Waals surface area contributed by atoms with Crippen molar-refractivity contribution in [3.8, 4) is 0 Å². The molecule has 0 saturated heterocycles. The molecule has 0 spiro atoms. The van der Waals surface area contributed by atoms with Gasteiger partial charge in [-0.25, -0.2) is 0 Å². The van der Waals surface area contributed by atoms with Gasteiger partial charge in [0.05, 0.1) is 0 Å². The lowest BCUT2D eigenvalue weighted by molar-refractivity contribution is 0.559. The van der Waals surface area contributed by atoms with Crippen LogP contribution in [0.1, 0.15) is 44.5 Å². The molecule has 0 aliphatic rings. The lowest BCUT2D eigenvalue weighted by atomic mass is 10.1. The molecule has 0 bridgehead atoms. The fourth-order valence-corrected chi connectivity index (χ4v) is 1.76. The second-order valence-electron chi connectivity index (χ2n) is 3.97. The molecule has 2 heteroatoms. The number of rotatable bonds is 5. The van der Waals surface area contributed by atoms with Gasteiger partial charge in [0.2, 0.25) is 0 Å². The first-order valence-electron chi connectivity index (χ1n) is 5.60. The Bertz CT molecular complexity index is 256. The zero-order valence-electron chi connectivity index (χ0n) is 9.80. The van der Waals surface area contributed by atoms with Crippen LogP contribution in [0.2, 0.25) is 0 Å². The Labute approximate surface area is 87.3 Å². The summed E-state index contributed by atoms with van der Waals surface area (Å²) in [7, 11) is 0. The van der Waals surface area contributed by atoms with Crippen molar-refractivity contribution in [2.45, 2.75) is 53.0 Å². The summed E-state index contributed by atoms with van der Waals surface area (Å²) >= 11 is 0. The van der Waals surface area contributed by atoms with Crippen LogP contribution in [-0.2, 0) is 0 Å². The molecule has 14 heavy (non-hydrogen) atoms. The highest BCUT2D eigenvalue weighted by molar-refractivity contribution is 5.15. The van der Waals surface area contributed by atoms with E-state index in [9.17, 15) is 0 Å². The van der Waals surface area contributed by atoms with Crippen molar-refractivity contribution in [1.82, 2.24) is 4.68 Å². The maximum absolute atomic E-state index is 3.56. The standard InChI is InChI=1S/C12H22N2/c1-5-7-12(6-2)13-14-10(3)8-9-11(14)4/h8-9,12-13H,5-7H2,1-4H3. The molecular formula is C12H22N2. The Morgan fingerprint density at radius 2 is 1.79 bits per heavy atom. The molecule has 0 amide bonds. The summed E-state index contributed by atoms with van der Waals surface area (Å²) in [5.74, 6) is 0. The van der Waals surface area contributed by atoms with Crippen LogP contribution < -0.4 is 5.43 Å². The van der Waals surface area contributed by atoms with Crippen molar-refractivity contribution in [1.29, 1.82) is 0 Å². The van der Waals surface area contributed by atoms with Crippen molar-refractivity contribution in [2.24, 2.45) is 0 Å². The molecule has 1 heterocycles. The maximum Gasteiger partial charge on any atom is 0.0421 e. The lowest BCUT2D eigenvalue weighted by Crippen LogP contribution is -2.28. The Morgan fingerprint density at radius 1 is 1.21 bits per heavy atom. The van der Waals surface area contributed by atoms with E-state index in [4.69, 9.17) is 0 Å². The summed E-state index contributed by atoms with van der Waals surface area (Å²) in [4.78, 5) is 0. The molecule has 80 valence electrons. The molecule has 1 atom stereocenters. The number of aryl methyl sites for hydroxylation is 2. The molecule has 1 rings (SSSR count). The van der Waals surface area contributed by atoms with E-state index in [1.54, 1.807) is 0 Å². The molecule has 0 saturated carbocycles. The third kappa shape index (κ3) is 2.53. The van der Waals surface area contributed by atoms with Gasteiger partial charge >= 0.3 is 0 Å². The number of nitrogens with zero attached hydrogens (tertiary/aromatic N) is 1. The summed E-state index contributed by atoms with van der Waals surface area (Å²) in [5, 5.41) is 0. The van der Waals surface area contributed by atoms with Crippen LogP contribution in [0.4, 0.5) is 0 Å². The average Bonchev–Trinajstić information content (AvgIpc) is 2.48. The average molecular weight is 194 g/mol. The highest BCUT2D eigenvalue weighted by Crippen LogP contribution is 2.08. The summed E-state index contributed by atoms with van der Waals surface area (Å²) in [6.07, 6.45) is 3.67. The van der Waals surface area contributed by atoms with Gasteiger partial charge in [0.25, 0.3) is 0 Å². The second-order valence-corrected chi connectivity index (χ2v) is 3.97. The topological polar surface area (TPSA) is 17.0 Å². The van der Waals surface area contributed by atoms with Gasteiger partial charge in [0, 0.05) is 17.4 Å². The molecule has 0 aliphatic carbocycles. The number of hydrogen-bond acceptors (Lipinski definition) is 1. The van der Waals surface area contributed by atoms with Gasteiger partial charge in [0.15, 0.2) is 0 Å². The van der Waals surface area contributed by atoms with Crippen LogP contribution in [0, 0.1) is 13.8 Å². The van der Waals surface area contributed by atoms with Gasteiger partial charge in [-0.3, -0.25) is 4.68 Å². The lowest BCUT2D eigenvalue weighted by Gasteiger charge is -2.21. The van der Waals surface area contributed by atoms with Crippen LogP contribution in [-0.4, -0.2) is 10.7 Å². The first kappa shape index (κ1) is 11.2. The van der Waals surface area contributed by atoms with Gasteiger partial charge in [-0.1, -0.05) is 20.3 Å². The minimum absolute atomic E-state index is 0.602. The van der Waals surface area contributed by atoms with E-state index in [0.717, 1.165) is 0 Å². The molecule has 1 aromatic heterocycles. The molecule has 0 fully saturated rings. The van der Waals surface area contributed by atoms with E-state index in [-0.39, 0.29) is 0 Å². The van der Waals surface area contributed by atoms with Crippen LogP contribution in [0.5, 0.6) is 0 Å². The van der Waals surface area contributed by atoms with Crippen LogP contribution in [0.15, 0.2) is 12.1 Å². The molecule has 1 N–H and O–H groups in total. The third-order valence-corrected chi connectivity index (χ3v) is 2.71. The summed E-state index contributed by atoms with van der Waals surface area (Å²) in [5.41, 5.74) is 6.14. The molecule has 1 aromatic rings. The minimum atomic E-state index is 0.602. The maximum atomic E-state index is 3.56. The van der Waals surface area contributed by atoms with Crippen LogP contribution >= 0.6 is 0 Å². The Kier molecular flexibility index (Phi) is 4.05. The van der Waals surface area contributed by atoms with Gasteiger partial charge in [-0.2, -0.15) is 0 Å². The van der Waals surface area contributed by atoms with Crippen molar-refractivity contribution in [3.63, 3.8) is 0 Å². The summed E-state index contributed by atoms with van der Waals surface area (Å²) < 4.78 is 2.20. The van der Waals surface area contributed by atoms with E-state index >= 15 is 0 Å². The Morgan fingerprint density at radius 3 is 2.21 bits per heavy atom. The fraction of sp³-hybridized carbons (Fsp3) is 0.667. The fourth-order valence-electron chi connectivity index (χ4n) is 1.76. The number of hydrogen-bond donors (Lipinski definition) is 1. The van der Waals surface area contributed by atoms with Gasteiger partial charge < -0.3 is 5.43 Å². The molecule has 2 nitrogen and oxygen atoms in total. The van der Waals surface area contributed by atoms with Gasteiger partial charge in [-0.05, 0) is 38.8 Å². The van der Waals surface area contributed by atoms with E-state index in [1.165, 1.54) is 30.7 Å². The minimum Gasteiger partial charge on any atom is -0.323 e. The van der Waals surface area contributed by atoms with E-state index in [2.05, 4.69) is 49.9 Å². The summed E-state index contributed by atoms with van der Waals surface area (Å²) in [6, 6.07) is 4.91. The number of aromatic nitrogens is 1. The third-order valence-electron chi connectivity index (χ3n) is 2.71. The van der Waals surface area contributed by atoms with Gasteiger partial charge in [-0.15, -0.1) is 0 Å². The largest absolute Gasteiger partial charge is 0.323 e. The first-order valence-corrected chi connectivity index (χ1v) is 5.60. The van der Waals surface area contributed by atoms with E-state index < -0.39 is 0 Å². The van der Waals surface area contributed by atoms with Crippen molar-refractivity contribution in [2.75, 3.05) is 5.43 Å². The molecule has 0 aromatic carbocycles. The highest BCUT2D eigenvalue weighted by atomic mass is 15.4. The van der Waals surface area contributed by atoms with E-state index in [0.29, 0.717) is 6.04 Å². The Balaban J connectivity index is 2.66. The SMILES string of the molecule is CCCC(CC)Nn1c(C)ccc1C. The normalized spacial score (nSPS) is 12.9. The molecule has 0 aliphatic heterocycles. The quantitative estimate of drug-likeness (QED) is 0.761. The summed E-state index contributed by atoms with van der Waals surface area (Å²) in [6.45, 7) is 8.75. The highest BCUT2D eigenvalue weighted by Gasteiger charge is 2.06. The van der Waals surface area contributed by atoms with Crippen molar-refractivity contribution in [3.05, 3.63) is 23.5 Å². The predicted octanol–water partition coefficient (Wildman–Crippen LogP) is 3.23. The molecule has 0 radical (unpaired) electrons. The van der Waals surface area contributed by atoms with Crippen molar-refractivity contribution >= 4 is 0 Å². The number of nitrogens with one attached hydrogen (secondary N) is 1. The second kappa shape index (κ2) is 5.08. The van der Waals surface area contributed by atoms with Crippen LogP contribution in [0.3, 0.4) is 0 Å². The first-order chi connectivity index (χ1) is 6.69. The zero-order chi connectivity index (χ0) is 10.6. The van der Waals surface area contributed by atoms with Gasteiger partial charge in [0.1, 0.15) is 0 Å². The smallest absolute Gasteiger partial charge is 0.0421 e. The predicted molar refractivity (Wildman–Crippen MR) is 62.3 cm³/mol. The zero-order valence-corrected chi connectivity index (χ0v) is 9.80. The van der Waals surface area contributed by atoms with E-state index in [1.807, 2.05) is 0 Å². The van der Waals surface area contributed by atoms with Crippen LogP contribution in [0.25, 0.3) is 0 Å². The van der Waals surface area contributed by atoms with Crippen molar-refractivity contribution < 1.29 is 0 Å². The molecule has 1 unspecified atom stereocenters. The monoisotopic (exact) mass is 194 g/mol.